The van der Waals surface area contributed by atoms with Crippen molar-refractivity contribution in [3.05, 3.63) is 41.5 Å². The fraction of sp³-hybridized carbons (Fsp3) is 0.522. The molecule has 0 aromatic heterocycles. The molecule has 0 radical (unpaired) electrons. The van der Waals surface area contributed by atoms with E-state index in [1.807, 2.05) is 38.9 Å². The summed E-state index contributed by atoms with van der Waals surface area (Å²) in [4.78, 5) is 35.3. The van der Waals surface area contributed by atoms with Crippen LogP contribution < -0.4 is 10.1 Å². The van der Waals surface area contributed by atoms with E-state index in [2.05, 4.69) is 22.3 Å². The third-order valence-electron chi connectivity index (χ3n) is 4.78. The maximum atomic E-state index is 12.3. The number of benzene rings is 1. The lowest BCUT2D eigenvalue weighted by molar-refractivity contribution is -0.134. The average molecular weight is 450 g/mol. The minimum atomic E-state index is -1.26. The van der Waals surface area contributed by atoms with Gasteiger partial charge < -0.3 is 30.1 Å². The number of hydrogen-bond acceptors (Lipinski definition) is 5. The van der Waals surface area contributed by atoms with Crippen molar-refractivity contribution < 1.29 is 29.3 Å². The number of aryl methyl sites for hydroxylation is 1. The zero-order valence-electron chi connectivity index (χ0n) is 19.3. The highest BCUT2D eigenvalue weighted by Gasteiger charge is 2.18. The molecule has 0 saturated carbocycles. The lowest BCUT2D eigenvalue weighted by atomic mass is 10.1. The SMILES string of the molecule is CC(C)N(CCOc1cccc2c1CCC2)C(=O)NCCN(C)C.O=C(O)C=CC(=O)O. The number of amides is 2. The molecule has 9 nitrogen and oxygen atoms in total. The summed E-state index contributed by atoms with van der Waals surface area (Å²) in [6.45, 7) is 6.68. The first kappa shape index (κ1) is 27.0. The van der Waals surface area contributed by atoms with E-state index >= 15 is 0 Å². The van der Waals surface area contributed by atoms with Crippen LogP contribution in [0, 0.1) is 0 Å². The predicted molar refractivity (Wildman–Crippen MR) is 122 cm³/mol. The molecule has 0 heterocycles. The quantitative estimate of drug-likeness (QED) is 0.469. The zero-order valence-corrected chi connectivity index (χ0v) is 19.3. The van der Waals surface area contributed by atoms with E-state index in [0.717, 1.165) is 25.1 Å². The molecule has 1 aliphatic carbocycles. The number of nitrogens with one attached hydrogen (secondary N) is 1. The van der Waals surface area contributed by atoms with E-state index in [0.29, 0.717) is 31.8 Å². The summed E-state index contributed by atoms with van der Waals surface area (Å²) in [6, 6.07) is 6.42. The topological polar surface area (TPSA) is 119 Å². The number of urea groups is 1. The summed E-state index contributed by atoms with van der Waals surface area (Å²) in [7, 11) is 4.00. The Morgan fingerprint density at radius 1 is 1.09 bits per heavy atom. The summed E-state index contributed by atoms with van der Waals surface area (Å²) in [5.41, 5.74) is 2.76. The van der Waals surface area contributed by atoms with Crippen LogP contribution in [0.15, 0.2) is 30.4 Å². The number of carbonyl (C=O) groups excluding carboxylic acids is 1. The lowest BCUT2D eigenvalue weighted by Gasteiger charge is -2.27. The molecule has 9 heteroatoms. The van der Waals surface area contributed by atoms with Crippen molar-refractivity contribution in [2.75, 3.05) is 40.3 Å². The summed E-state index contributed by atoms with van der Waals surface area (Å²) >= 11 is 0. The van der Waals surface area contributed by atoms with E-state index < -0.39 is 11.9 Å². The van der Waals surface area contributed by atoms with Crippen LogP contribution in [0.25, 0.3) is 0 Å². The molecule has 3 N–H and O–H groups in total. The van der Waals surface area contributed by atoms with Crippen LogP contribution in [0.4, 0.5) is 4.79 Å². The Bertz CT molecular complexity index is 776. The molecule has 0 bridgehead atoms. The second-order valence-corrected chi connectivity index (χ2v) is 7.93. The number of nitrogens with zero attached hydrogens (tertiary/aromatic N) is 2. The number of aliphatic carboxylic acids is 2. The van der Waals surface area contributed by atoms with Gasteiger partial charge in [-0.25, -0.2) is 14.4 Å². The third-order valence-corrected chi connectivity index (χ3v) is 4.78. The minimum absolute atomic E-state index is 0.0197. The molecule has 178 valence electrons. The second-order valence-electron chi connectivity index (χ2n) is 7.93. The van der Waals surface area contributed by atoms with Gasteiger partial charge in [-0.05, 0) is 64.4 Å². The summed E-state index contributed by atoms with van der Waals surface area (Å²) in [6.07, 6.45) is 4.58. The highest BCUT2D eigenvalue weighted by atomic mass is 16.5. The normalized spacial score (nSPS) is 12.3. The van der Waals surface area contributed by atoms with Crippen molar-refractivity contribution in [1.82, 2.24) is 15.1 Å². The standard InChI is InChI=1S/C19H31N3O2.C4H4O4/c1-15(2)22(19(23)20-11-12-21(3)4)13-14-24-18-10-6-8-16-7-5-9-17(16)18;5-3(6)1-2-4(7)8/h6,8,10,15H,5,7,9,11-14H2,1-4H3,(H,20,23);1-2H,(H,5,6)(H,7,8). The monoisotopic (exact) mass is 449 g/mol. The zero-order chi connectivity index (χ0) is 24.1. The van der Waals surface area contributed by atoms with Gasteiger partial charge in [0.1, 0.15) is 12.4 Å². The van der Waals surface area contributed by atoms with Gasteiger partial charge in [-0.2, -0.15) is 0 Å². The molecule has 2 rings (SSSR count). The first-order chi connectivity index (χ1) is 15.1. The molecule has 1 aliphatic rings. The predicted octanol–water partition coefficient (Wildman–Crippen LogP) is 2.25. The van der Waals surface area contributed by atoms with Crippen LogP contribution >= 0.6 is 0 Å². The highest BCUT2D eigenvalue weighted by Crippen LogP contribution is 2.30. The molecular weight excluding hydrogens is 414 g/mol. The summed E-state index contributed by atoms with van der Waals surface area (Å²) < 4.78 is 5.99. The molecule has 0 fully saturated rings. The Labute approximate surface area is 189 Å². The number of rotatable bonds is 10. The number of fused-ring (bicyclic) bond motifs is 1. The largest absolute Gasteiger partial charge is 0.491 e. The lowest BCUT2D eigenvalue weighted by Crippen LogP contribution is -2.47. The molecule has 0 atom stereocenters. The van der Waals surface area contributed by atoms with Gasteiger partial charge in [-0.1, -0.05) is 12.1 Å². The van der Waals surface area contributed by atoms with Gasteiger partial charge in [-0.15, -0.1) is 0 Å². The maximum absolute atomic E-state index is 12.3. The minimum Gasteiger partial charge on any atom is -0.491 e. The molecule has 2 amide bonds. The van der Waals surface area contributed by atoms with Crippen LogP contribution in [-0.2, 0) is 22.4 Å². The van der Waals surface area contributed by atoms with Gasteiger partial charge in [0.2, 0.25) is 0 Å². The van der Waals surface area contributed by atoms with Crippen LogP contribution in [0.3, 0.4) is 0 Å². The number of carbonyl (C=O) groups is 3. The molecule has 1 aromatic rings. The van der Waals surface area contributed by atoms with E-state index in [1.165, 1.54) is 17.5 Å². The van der Waals surface area contributed by atoms with Gasteiger partial charge >= 0.3 is 18.0 Å². The van der Waals surface area contributed by atoms with Crippen LogP contribution in [0.5, 0.6) is 5.75 Å². The van der Waals surface area contributed by atoms with E-state index in [4.69, 9.17) is 14.9 Å². The second kappa shape index (κ2) is 14.1. The van der Waals surface area contributed by atoms with E-state index in [-0.39, 0.29) is 12.1 Å². The first-order valence-corrected chi connectivity index (χ1v) is 10.7. The number of likely N-dealkylation sites (N-methyl/N-ethyl adjacent to an activating group) is 1. The van der Waals surface area contributed by atoms with E-state index in [1.54, 1.807) is 0 Å². The van der Waals surface area contributed by atoms with Gasteiger partial charge in [0, 0.05) is 31.3 Å². The number of hydrogen-bond donors (Lipinski definition) is 3. The van der Waals surface area contributed by atoms with Crippen LogP contribution in [-0.4, -0.2) is 84.4 Å². The smallest absolute Gasteiger partial charge is 0.328 e. The van der Waals surface area contributed by atoms with Gasteiger partial charge in [-0.3, -0.25) is 0 Å². The Morgan fingerprint density at radius 3 is 2.31 bits per heavy atom. The van der Waals surface area contributed by atoms with Crippen LogP contribution in [0.1, 0.15) is 31.4 Å². The molecular formula is C23H35N3O6. The Morgan fingerprint density at radius 2 is 1.75 bits per heavy atom. The van der Waals surface area contributed by atoms with Crippen LogP contribution in [0.2, 0.25) is 0 Å². The van der Waals surface area contributed by atoms with Gasteiger partial charge in [0.25, 0.3) is 0 Å². The van der Waals surface area contributed by atoms with Crippen molar-refractivity contribution in [2.45, 2.75) is 39.2 Å². The van der Waals surface area contributed by atoms with Crippen molar-refractivity contribution in [3.8, 4) is 5.75 Å². The highest BCUT2D eigenvalue weighted by molar-refractivity contribution is 5.89. The molecule has 0 saturated heterocycles. The number of ether oxygens (including phenoxy) is 1. The van der Waals surface area contributed by atoms with Crippen molar-refractivity contribution in [1.29, 1.82) is 0 Å². The van der Waals surface area contributed by atoms with Crippen molar-refractivity contribution >= 4 is 18.0 Å². The summed E-state index contributed by atoms with van der Waals surface area (Å²) in [5, 5.41) is 18.6. The van der Waals surface area contributed by atoms with E-state index in [9.17, 15) is 14.4 Å². The van der Waals surface area contributed by atoms with Gasteiger partial charge in [0.15, 0.2) is 0 Å². The molecule has 32 heavy (non-hydrogen) atoms. The molecule has 0 aliphatic heterocycles. The van der Waals surface area contributed by atoms with Crippen molar-refractivity contribution in [3.63, 3.8) is 0 Å². The molecule has 0 spiro atoms. The first-order valence-electron chi connectivity index (χ1n) is 10.7. The maximum Gasteiger partial charge on any atom is 0.328 e. The van der Waals surface area contributed by atoms with Crippen molar-refractivity contribution in [2.24, 2.45) is 0 Å². The fourth-order valence-electron chi connectivity index (χ4n) is 3.20. The van der Waals surface area contributed by atoms with Gasteiger partial charge in [0.05, 0.1) is 6.54 Å². The third kappa shape index (κ3) is 10.3. The fourth-order valence-corrected chi connectivity index (χ4v) is 3.20. The Hall–Kier alpha value is -3.07. The number of carboxylic acid groups (broad SMARTS) is 2. The Kier molecular flexibility index (Phi) is 11.9. The molecule has 0 unspecified atom stereocenters. The molecule has 1 aromatic carbocycles. The summed E-state index contributed by atoms with van der Waals surface area (Å²) in [5.74, 6) is -1.53. The average Bonchev–Trinajstić information content (AvgIpc) is 3.19. The number of carboxylic acids is 2. The Balaban J connectivity index is 0.000000547.